The zero-order valence-electron chi connectivity index (χ0n) is 5.78. The Morgan fingerprint density at radius 3 is 3.10 bits per heavy atom. The van der Waals surface area contributed by atoms with Crippen LogP contribution in [0.2, 0.25) is 0 Å². The summed E-state index contributed by atoms with van der Waals surface area (Å²) in [6.07, 6.45) is -0.264. The van der Waals surface area contributed by atoms with Gasteiger partial charge in [0.1, 0.15) is 12.2 Å². The van der Waals surface area contributed by atoms with Crippen LogP contribution in [0.1, 0.15) is 13.3 Å². The quantitative estimate of drug-likeness (QED) is 0.473. The minimum absolute atomic E-state index is 0.0150. The van der Waals surface area contributed by atoms with Gasteiger partial charge in [-0.2, -0.15) is 0 Å². The van der Waals surface area contributed by atoms with E-state index in [4.69, 9.17) is 4.74 Å². The summed E-state index contributed by atoms with van der Waals surface area (Å²) in [5, 5.41) is 9.23. The number of aliphatic hydroxyl groups excluding tert-OH is 1. The van der Waals surface area contributed by atoms with Crippen LogP contribution in [0.4, 0.5) is 0 Å². The molecule has 56 valence electrons. The molecule has 1 aliphatic carbocycles. The summed E-state index contributed by atoms with van der Waals surface area (Å²) < 4.78 is 4.97. The SMILES string of the molecule is C[C@H]1C[C@@H](O)[C@H]2O[C@H]2C1=O. The molecule has 0 aromatic carbocycles. The Hall–Kier alpha value is -0.410. The molecule has 0 aromatic rings. The summed E-state index contributed by atoms with van der Waals surface area (Å²) in [5.41, 5.74) is 0. The number of aliphatic hydroxyl groups is 1. The number of Topliss-reactive ketones (excluding diaryl/α,β-unsaturated/α-hetero) is 1. The van der Waals surface area contributed by atoms with Crippen molar-refractivity contribution in [3.8, 4) is 0 Å². The monoisotopic (exact) mass is 142 g/mol. The number of fused-ring (bicyclic) bond motifs is 1. The van der Waals surface area contributed by atoms with Gasteiger partial charge in [-0.15, -0.1) is 0 Å². The summed E-state index contributed by atoms with van der Waals surface area (Å²) in [5.74, 6) is 0.147. The van der Waals surface area contributed by atoms with E-state index >= 15 is 0 Å². The van der Waals surface area contributed by atoms with Crippen molar-refractivity contribution >= 4 is 5.78 Å². The molecule has 0 unspecified atom stereocenters. The van der Waals surface area contributed by atoms with Gasteiger partial charge < -0.3 is 9.84 Å². The lowest BCUT2D eigenvalue weighted by molar-refractivity contribution is -0.125. The van der Waals surface area contributed by atoms with Crippen LogP contribution in [0.25, 0.3) is 0 Å². The van der Waals surface area contributed by atoms with E-state index < -0.39 is 6.10 Å². The molecule has 2 aliphatic rings. The standard InChI is InChI=1S/C7H10O3/c1-3-2-4(8)6-7(10-6)5(3)9/h3-4,6-8H,2H2,1H3/t3-,4+,6+,7-/m0/s1. The fourth-order valence-corrected chi connectivity index (χ4v) is 1.54. The van der Waals surface area contributed by atoms with Crippen LogP contribution >= 0.6 is 0 Å². The Bertz CT molecular complexity index is 174. The summed E-state index contributed by atoms with van der Waals surface area (Å²) in [4.78, 5) is 11.1. The van der Waals surface area contributed by atoms with Crippen LogP contribution in [0.5, 0.6) is 0 Å². The van der Waals surface area contributed by atoms with Crippen molar-refractivity contribution in [2.75, 3.05) is 0 Å². The fraction of sp³-hybridized carbons (Fsp3) is 0.857. The third kappa shape index (κ3) is 0.707. The molecule has 4 atom stereocenters. The molecule has 10 heavy (non-hydrogen) atoms. The average Bonchev–Trinajstić information content (AvgIpc) is 2.61. The van der Waals surface area contributed by atoms with Crippen LogP contribution in [0, 0.1) is 5.92 Å². The van der Waals surface area contributed by atoms with E-state index in [9.17, 15) is 9.90 Å². The van der Waals surface area contributed by atoms with Crippen molar-refractivity contribution in [2.45, 2.75) is 31.7 Å². The highest BCUT2D eigenvalue weighted by Gasteiger charge is 2.54. The van der Waals surface area contributed by atoms with E-state index in [0.29, 0.717) is 6.42 Å². The molecule has 0 spiro atoms. The molecule has 2 fully saturated rings. The van der Waals surface area contributed by atoms with Crippen molar-refractivity contribution in [2.24, 2.45) is 5.92 Å². The Morgan fingerprint density at radius 1 is 1.70 bits per heavy atom. The minimum atomic E-state index is -0.405. The molecular weight excluding hydrogens is 132 g/mol. The molecule has 2 rings (SSSR count). The lowest BCUT2D eigenvalue weighted by atomic mass is 9.88. The lowest BCUT2D eigenvalue weighted by Gasteiger charge is -2.16. The van der Waals surface area contributed by atoms with Gasteiger partial charge in [-0.05, 0) is 6.42 Å². The first kappa shape index (κ1) is 6.31. The molecule has 1 N–H and O–H groups in total. The highest BCUT2D eigenvalue weighted by molar-refractivity contribution is 5.89. The maximum absolute atomic E-state index is 11.1. The van der Waals surface area contributed by atoms with E-state index in [0.717, 1.165) is 0 Å². The number of ether oxygens (including phenoxy) is 1. The largest absolute Gasteiger partial charge is 0.390 e. The third-order valence-corrected chi connectivity index (χ3v) is 2.27. The molecule has 1 saturated heterocycles. The van der Waals surface area contributed by atoms with Gasteiger partial charge in [0.15, 0.2) is 5.78 Å². The number of carbonyl (C=O) groups excluding carboxylic acids is 1. The second-order valence-corrected chi connectivity index (χ2v) is 3.13. The van der Waals surface area contributed by atoms with Crippen LogP contribution in [-0.4, -0.2) is 29.2 Å². The molecule has 1 heterocycles. The number of carbonyl (C=O) groups is 1. The van der Waals surface area contributed by atoms with E-state index in [-0.39, 0.29) is 23.9 Å². The Labute approximate surface area is 59.0 Å². The molecule has 1 saturated carbocycles. The Kier molecular flexibility index (Phi) is 1.13. The van der Waals surface area contributed by atoms with E-state index in [2.05, 4.69) is 0 Å². The zero-order valence-corrected chi connectivity index (χ0v) is 5.78. The fourth-order valence-electron chi connectivity index (χ4n) is 1.54. The van der Waals surface area contributed by atoms with Crippen LogP contribution in [-0.2, 0) is 9.53 Å². The van der Waals surface area contributed by atoms with Gasteiger partial charge >= 0.3 is 0 Å². The van der Waals surface area contributed by atoms with Crippen LogP contribution in [0.3, 0.4) is 0 Å². The summed E-state index contributed by atoms with van der Waals surface area (Å²) >= 11 is 0. The van der Waals surface area contributed by atoms with Crippen molar-refractivity contribution in [3.63, 3.8) is 0 Å². The summed E-state index contributed by atoms with van der Waals surface area (Å²) in [7, 11) is 0. The van der Waals surface area contributed by atoms with Gasteiger partial charge in [-0.3, -0.25) is 4.79 Å². The molecule has 0 amide bonds. The minimum Gasteiger partial charge on any atom is -0.390 e. The molecular formula is C7H10O3. The molecule has 3 nitrogen and oxygen atoms in total. The summed E-state index contributed by atoms with van der Waals surface area (Å²) in [6, 6.07) is 0. The lowest BCUT2D eigenvalue weighted by Crippen LogP contribution is -2.33. The van der Waals surface area contributed by atoms with E-state index in [1.807, 2.05) is 6.92 Å². The number of ketones is 1. The van der Waals surface area contributed by atoms with Crippen molar-refractivity contribution in [1.82, 2.24) is 0 Å². The highest BCUT2D eigenvalue weighted by Crippen LogP contribution is 2.36. The van der Waals surface area contributed by atoms with Crippen molar-refractivity contribution in [3.05, 3.63) is 0 Å². The first-order valence-corrected chi connectivity index (χ1v) is 3.57. The van der Waals surface area contributed by atoms with Gasteiger partial charge in [0.25, 0.3) is 0 Å². The third-order valence-electron chi connectivity index (χ3n) is 2.27. The van der Waals surface area contributed by atoms with Crippen molar-refractivity contribution < 1.29 is 14.6 Å². The number of epoxide rings is 1. The van der Waals surface area contributed by atoms with Crippen LogP contribution < -0.4 is 0 Å². The van der Waals surface area contributed by atoms with Gasteiger partial charge in [0, 0.05) is 5.92 Å². The smallest absolute Gasteiger partial charge is 0.167 e. The molecule has 3 heteroatoms. The number of hydrogen-bond donors (Lipinski definition) is 1. The maximum Gasteiger partial charge on any atom is 0.167 e. The predicted octanol–water partition coefficient (Wildman–Crippen LogP) is -0.276. The first-order chi connectivity index (χ1) is 4.70. The normalized spacial score (nSPS) is 52.4. The molecule has 0 aromatic heterocycles. The molecule has 1 aliphatic heterocycles. The molecule has 0 bridgehead atoms. The zero-order chi connectivity index (χ0) is 7.30. The van der Waals surface area contributed by atoms with Gasteiger partial charge in [0.2, 0.25) is 0 Å². The average molecular weight is 142 g/mol. The summed E-state index contributed by atoms with van der Waals surface area (Å²) in [6.45, 7) is 1.84. The van der Waals surface area contributed by atoms with Crippen molar-refractivity contribution in [1.29, 1.82) is 0 Å². The van der Waals surface area contributed by atoms with Gasteiger partial charge in [-0.1, -0.05) is 6.92 Å². The van der Waals surface area contributed by atoms with Gasteiger partial charge in [0.05, 0.1) is 6.10 Å². The number of hydrogen-bond acceptors (Lipinski definition) is 3. The first-order valence-electron chi connectivity index (χ1n) is 3.57. The van der Waals surface area contributed by atoms with Gasteiger partial charge in [-0.25, -0.2) is 0 Å². The van der Waals surface area contributed by atoms with E-state index in [1.54, 1.807) is 0 Å². The van der Waals surface area contributed by atoms with E-state index in [1.165, 1.54) is 0 Å². The Morgan fingerprint density at radius 2 is 2.40 bits per heavy atom. The second kappa shape index (κ2) is 1.80. The number of rotatable bonds is 0. The highest BCUT2D eigenvalue weighted by atomic mass is 16.6. The topological polar surface area (TPSA) is 49.8 Å². The maximum atomic E-state index is 11.1. The second-order valence-electron chi connectivity index (χ2n) is 3.13. The Balaban J connectivity index is 2.12. The van der Waals surface area contributed by atoms with Crippen LogP contribution in [0.15, 0.2) is 0 Å². The predicted molar refractivity (Wildman–Crippen MR) is 33.5 cm³/mol. The molecule has 0 radical (unpaired) electrons.